The van der Waals surface area contributed by atoms with Crippen LogP contribution in [0.5, 0.6) is 0 Å². The highest BCUT2D eigenvalue weighted by Crippen LogP contribution is 2.00. The summed E-state index contributed by atoms with van der Waals surface area (Å²) in [5, 5.41) is 2.63. The van der Waals surface area contributed by atoms with E-state index in [4.69, 9.17) is 33.2 Å². The third-order valence-corrected chi connectivity index (χ3v) is 3.65. The van der Waals surface area contributed by atoms with Crippen LogP contribution in [-0.2, 0) is 39.8 Å². The summed E-state index contributed by atoms with van der Waals surface area (Å²) >= 11 is 0. The van der Waals surface area contributed by atoms with Crippen molar-refractivity contribution in [3.05, 3.63) is 35.9 Å². The van der Waals surface area contributed by atoms with Crippen molar-refractivity contribution in [3.8, 4) is 0 Å². The number of hydrogen-bond acceptors (Lipinski definition) is 8. The summed E-state index contributed by atoms with van der Waals surface area (Å²) in [5.74, 6) is 0. The van der Waals surface area contributed by atoms with Crippen LogP contribution in [0.4, 0.5) is 4.79 Å². The fourth-order valence-corrected chi connectivity index (χ4v) is 2.12. The van der Waals surface area contributed by atoms with Gasteiger partial charge in [-0.05, 0) is 5.56 Å². The summed E-state index contributed by atoms with van der Waals surface area (Å²) in [6, 6.07) is 9.51. The molecule has 30 heavy (non-hydrogen) atoms. The molecule has 0 bridgehead atoms. The molecular weight excluding hydrogens is 394 g/mol. The number of hydrogen-bond donors (Lipinski definition) is 1. The second-order valence-electron chi connectivity index (χ2n) is 6.04. The van der Waals surface area contributed by atoms with Crippen LogP contribution in [0.15, 0.2) is 30.3 Å². The lowest BCUT2D eigenvalue weighted by molar-refractivity contribution is -0.0144. The van der Waals surface area contributed by atoms with Crippen LogP contribution in [0.3, 0.4) is 0 Å². The molecule has 0 saturated heterocycles. The average Bonchev–Trinajstić information content (AvgIpc) is 2.77. The Hall–Kier alpha value is -1.75. The first-order valence-corrected chi connectivity index (χ1v) is 10.1. The molecule has 0 aliphatic rings. The number of alkyl carbamates (subject to hydrolysis) is 1. The Bertz CT molecular complexity index is 503. The van der Waals surface area contributed by atoms with Crippen molar-refractivity contribution in [3.63, 3.8) is 0 Å². The van der Waals surface area contributed by atoms with Gasteiger partial charge in [-0.2, -0.15) is 0 Å². The number of carbonyl (C=O) groups excluding carboxylic acids is 1. The Morgan fingerprint density at radius 1 is 0.700 bits per heavy atom. The number of nitrogens with one attached hydrogen (secondary N) is 1. The SMILES string of the molecule is COCCOCCOCCOCCOCCOCCNC(=O)OCc1ccccc1. The van der Waals surface area contributed by atoms with Gasteiger partial charge in [0.1, 0.15) is 6.61 Å². The molecule has 0 atom stereocenters. The smallest absolute Gasteiger partial charge is 0.407 e. The molecule has 0 fully saturated rings. The zero-order chi connectivity index (χ0) is 21.5. The van der Waals surface area contributed by atoms with Gasteiger partial charge in [-0.1, -0.05) is 30.3 Å². The van der Waals surface area contributed by atoms with E-state index in [1.807, 2.05) is 30.3 Å². The van der Waals surface area contributed by atoms with Gasteiger partial charge in [-0.15, -0.1) is 0 Å². The third kappa shape index (κ3) is 17.1. The van der Waals surface area contributed by atoms with Crippen molar-refractivity contribution >= 4 is 6.09 Å². The summed E-state index contributed by atoms with van der Waals surface area (Å²) in [4.78, 5) is 11.5. The maximum Gasteiger partial charge on any atom is 0.407 e. The maximum atomic E-state index is 11.5. The van der Waals surface area contributed by atoms with E-state index in [0.717, 1.165) is 5.56 Å². The number of rotatable bonds is 20. The molecule has 0 aromatic heterocycles. The number of ether oxygens (including phenoxy) is 7. The van der Waals surface area contributed by atoms with Crippen LogP contribution in [0.2, 0.25) is 0 Å². The summed E-state index contributed by atoms with van der Waals surface area (Å²) in [6.07, 6.45) is -0.460. The molecule has 1 aromatic rings. The minimum absolute atomic E-state index is 0.249. The molecule has 0 radical (unpaired) electrons. The molecule has 0 spiro atoms. The van der Waals surface area contributed by atoms with Gasteiger partial charge in [0.15, 0.2) is 0 Å². The highest BCUT2D eigenvalue weighted by Gasteiger charge is 2.01. The Morgan fingerprint density at radius 2 is 1.17 bits per heavy atom. The first kappa shape index (κ1) is 26.3. The van der Waals surface area contributed by atoms with Crippen molar-refractivity contribution in [2.75, 3.05) is 86.3 Å². The topological polar surface area (TPSA) is 93.7 Å². The predicted octanol–water partition coefficient (Wildman–Crippen LogP) is 1.64. The minimum atomic E-state index is -0.460. The number of carbonyl (C=O) groups is 1. The van der Waals surface area contributed by atoms with E-state index in [2.05, 4.69) is 5.32 Å². The zero-order valence-electron chi connectivity index (χ0n) is 17.8. The van der Waals surface area contributed by atoms with Gasteiger partial charge in [0, 0.05) is 13.7 Å². The quantitative estimate of drug-likeness (QED) is 0.313. The highest BCUT2D eigenvalue weighted by atomic mass is 16.6. The molecular formula is C21H35NO8. The van der Waals surface area contributed by atoms with E-state index >= 15 is 0 Å². The molecule has 0 saturated carbocycles. The van der Waals surface area contributed by atoms with E-state index in [1.54, 1.807) is 7.11 Å². The molecule has 9 heteroatoms. The lowest BCUT2D eigenvalue weighted by Crippen LogP contribution is -2.28. The van der Waals surface area contributed by atoms with Gasteiger partial charge in [0.05, 0.1) is 72.7 Å². The molecule has 0 aliphatic carbocycles. The average molecular weight is 430 g/mol. The molecule has 1 aromatic carbocycles. The van der Waals surface area contributed by atoms with Gasteiger partial charge in [0.2, 0.25) is 0 Å². The van der Waals surface area contributed by atoms with Crippen molar-refractivity contribution in [1.82, 2.24) is 5.32 Å². The summed E-state index contributed by atoms with van der Waals surface area (Å²) in [7, 11) is 1.64. The molecule has 0 aliphatic heterocycles. The lowest BCUT2D eigenvalue weighted by Gasteiger charge is -2.09. The van der Waals surface area contributed by atoms with Crippen molar-refractivity contribution in [2.45, 2.75) is 6.61 Å². The van der Waals surface area contributed by atoms with Crippen molar-refractivity contribution in [2.24, 2.45) is 0 Å². The van der Waals surface area contributed by atoms with E-state index in [9.17, 15) is 4.79 Å². The normalized spacial score (nSPS) is 10.8. The van der Waals surface area contributed by atoms with Crippen LogP contribution in [0, 0.1) is 0 Å². The van der Waals surface area contributed by atoms with Crippen molar-refractivity contribution in [1.29, 1.82) is 0 Å². The summed E-state index contributed by atoms with van der Waals surface area (Å²) in [5.41, 5.74) is 0.945. The molecule has 9 nitrogen and oxygen atoms in total. The Morgan fingerprint density at radius 3 is 1.67 bits per heavy atom. The molecule has 1 rings (SSSR count). The number of amides is 1. The molecule has 1 N–H and O–H groups in total. The van der Waals surface area contributed by atoms with Gasteiger partial charge >= 0.3 is 6.09 Å². The van der Waals surface area contributed by atoms with Crippen LogP contribution >= 0.6 is 0 Å². The summed E-state index contributed by atoms with van der Waals surface area (Å²) in [6.45, 7) is 6.25. The first-order valence-electron chi connectivity index (χ1n) is 10.1. The van der Waals surface area contributed by atoms with Gasteiger partial charge in [-0.25, -0.2) is 4.79 Å². The first-order chi connectivity index (χ1) is 14.8. The molecule has 0 heterocycles. The van der Waals surface area contributed by atoms with Crippen LogP contribution in [0.25, 0.3) is 0 Å². The standard InChI is InChI=1S/C21H35NO8/c1-24-9-10-26-13-14-28-17-18-29-16-15-27-12-11-25-8-7-22-21(23)30-19-20-5-3-2-4-6-20/h2-6H,7-19H2,1H3,(H,22,23). The third-order valence-electron chi connectivity index (χ3n) is 3.65. The van der Waals surface area contributed by atoms with E-state index in [1.165, 1.54) is 0 Å². The molecule has 0 unspecified atom stereocenters. The fourth-order valence-electron chi connectivity index (χ4n) is 2.12. The minimum Gasteiger partial charge on any atom is -0.445 e. The van der Waals surface area contributed by atoms with E-state index in [-0.39, 0.29) is 6.61 Å². The van der Waals surface area contributed by atoms with Gasteiger partial charge in [0.25, 0.3) is 0 Å². The Kier molecular flexibility index (Phi) is 18.0. The summed E-state index contributed by atoms with van der Waals surface area (Å²) < 4.78 is 36.8. The fraction of sp³-hybridized carbons (Fsp3) is 0.667. The van der Waals surface area contributed by atoms with Crippen LogP contribution in [-0.4, -0.2) is 92.4 Å². The second-order valence-corrected chi connectivity index (χ2v) is 6.04. The van der Waals surface area contributed by atoms with Gasteiger partial charge in [-0.3, -0.25) is 0 Å². The highest BCUT2D eigenvalue weighted by molar-refractivity contribution is 5.67. The Balaban J connectivity index is 1.73. The predicted molar refractivity (Wildman–Crippen MR) is 111 cm³/mol. The zero-order valence-corrected chi connectivity index (χ0v) is 17.8. The molecule has 1 amide bonds. The maximum absolute atomic E-state index is 11.5. The number of benzene rings is 1. The largest absolute Gasteiger partial charge is 0.445 e. The monoisotopic (exact) mass is 429 g/mol. The Labute approximate surface area is 178 Å². The van der Waals surface area contributed by atoms with E-state index < -0.39 is 6.09 Å². The lowest BCUT2D eigenvalue weighted by atomic mass is 10.2. The van der Waals surface area contributed by atoms with Gasteiger partial charge < -0.3 is 38.5 Å². The van der Waals surface area contributed by atoms with E-state index in [0.29, 0.717) is 79.2 Å². The number of methoxy groups -OCH3 is 1. The van der Waals surface area contributed by atoms with Crippen molar-refractivity contribution < 1.29 is 38.0 Å². The van der Waals surface area contributed by atoms with Crippen LogP contribution in [0.1, 0.15) is 5.56 Å². The van der Waals surface area contributed by atoms with Crippen LogP contribution < -0.4 is 5.32 Å². The second kappa shape index (κ2) is 20.5. The molecule has 172 valence electrons.